The molecular formula is C41H38F8N6O6. The number of aryl methyl sites for hydroxylation is 2. The molecule has 1 saturated carbocycles. The standard InChI is InChI=1S/C21H19F4N3O3.C20H19F4N3O3/c1-12-3-5-15-16(9-12)28(13-4-6-17(14(22)10-13)31-21(23,24)25)19(26-15)27-18(29)11-20(30)7-2-8-20;1-11-4-6-14-15(8-11)27(18(25-14)26-17(28)10-19(2,3)29)12-5-7-16(13(21)9-12)30-20(22,23)24/h3-6,9-10,30H,2,7-8,11H2,1H3,(H,26,27,29);4-9,29H,10H2,1-3H3,(H,25,26,28). The maximum atomic E-state index is 14.3. The van der Waals surface area contributed by atoms with Gasteiger partial charge in [-0.25, -0.2) is 18.7 Å². The van der Waals surface area contributed by atoms with Crippen LogP contribution in [0.4, 0.5) is 47.0 Å². The van der Waals surface area contributed by atoms with Crippen molar-refractivity contribution in [2.75, 3.05) is 10.6 Å². The lowest BCUT2D eigenvalue weighted by Crippen LogP contribution is -2.40. The van der Waals surface area contributed by atoms with Crippen LogP contribution in [0.25, 0.3) is 33.4 Å². The predicted octanol–water partition coefficient (Wildman–Crippen LogP) is 9.09. The summed E-state index contributed by atoms with van der Waals surface area (Å²) in [7, 11) is 0. The van der Waals surface area contributed by atoms with E-state index in [9.17, 15) is 54.9 Å². The smallest absolute Gasteiger partial charge is 0.403 e. The number of carbonyl (C=O) groups excluding carboxylic acids is 2. The normalized spacial score (nSPS) is 13.9. The van der Waals surface area contributed by atoms with Gasteiger partial charge in [0.05, 0.1) is 57.5 Å². The van der Waals surface area contributed by atoms with Gasteiger partial charge in [-0.15, -0.1) is 26.3 Å². The molecule has 0 atom stereocenters. The van der Waals surface area contributed by atoms with E-state index in [-0.39, 0.29) is 36.1 Å². The number of nitrogens with one attached hydrogen (secondary N) is 2. The van der Waals surface area contributed by atoms with Crippen LogP contribution < -0.4 is 20.1 Å². The quantitative estimate of drug-likeness (QED) is 0.0996. The largest absolute Gasteiger partial charge is 0.573 e. The Balaban J connectivity index is 0.000000204. The topological polar surface area (TPSA) is 153 Å². The van der Waals surface area contributed by atoms with Crippen molar-refractivity contribution in [1.82, 2.24) is 19.1 Å². The highest BCUT2D eigenvalue weighted by Gasteiger charge is 2.37. The number of rotatable bonds is 10. The van der Waals surface area contributed by atoms with Gasteiger partial charge in [-0.1, -0.05) is 12.1 Å². The zero-order chi connectivity index (χ0) is 44.7. The van der Waals surface area contributed by atoms with Crippen molar-refractivity contribution in [2.45, 2.75) is 83.7 Å². The molecule has 20 heteroatoms. The Morgan fingerprint density at radius 3 is 1.49 bits per heavy atom. The molecule has 1 fully saturated rings. The first-order chi connectivity index (χ1) is 28.3. The van der Waals surface area contributed by atoms with Crippen molar-refractivity contribution in [1.29, 1.82) is 0 Å². The van der Waals surface area contributed by atoms with E-state index in [1.165, 1.54) is 35.1 Å². The molecule has 6 aromatic rings. The van der Waals surface area contributed by atoms with Gasteiger partial charge in [-0.2, -0.15) is 0 Å². The van der Waals surface area contributed by atoms with E-state index < -0.39 is 58.9 Å². The summed E-state index contributed by atoms with van der Waals surface area (Å²) in [4.78, 5) is 33.5. The van der Waals surface area contributed by atoms with Gasteiger partial charge in [-0.05, 0) is 107 Å². The minimum atomic E-state index is -5.03. The molecule has 1 aliphatic rings. The molecular weight excluding hydrogens is 824 g/mol. The molecule has 12 nitrogen and oxygen atoms in total. The van der Waals surface area contributed by atoms with Crippen LogP contribution in [0.3, 0.4) is 0 Å². The number of imidazole rings is 2. The number of halogens is 8. The Hall–Kier alpha value is -6.28. The Morgan fingerprint density at radius 2 is 1.13 bits per heavy atom. The fourth-order valence-corrected chi connectivity index (χ4v) is 6.52. The molecule has 4 aromatic carbocycles. The van der Waals surface area contributed by atoms with Crippen LogP contribution in [0.1, 0.15) is 57.1 Å². The van der Waals surface area contributed by atoms with Crippen LogP contribution in [-0.2, 0) is 9.59 Å². The number of aromatic nitrogens is 4. The zero-order valence-electron chi connectivity index (χ0n) is 32.8. The molecule has 0 bridgehead atoms. The summed E-state index contributed by atoms with van der Waals surface area (Å²) >= 11 is 0. The third-order valence-electron chi connectivity index (χ3n) is 9.29. The van der Waals surface area contributed by atoms with Gasteiger partial charge < -0.3 is 19.7 Å². The van der Waals surface area contributed by atoms with Gasteiger partial charge in [0.2, 0.25) is 23.7 Å². The second-order valence-electron chi connectivity index (χ2n) is 15.2. The third kappa shape index (κ3) is 11.1. The zero-order valence-corrected chi connectivity index (χ0v) is 32.8. The highest BCUT2D eigenvalue weighted by molar-refractivity contribution is 5.94. The van der Waals surface area contributed by atoms with E-state index >= 15 is 0 Å². The first-order valence-electron chi connectivity index (χ1n) is 18.5. The summed E-state index contributed by atoms with van der Waals surface area (Å²) in [5.41, 5.74) is 1.73. The summed E-state index contributed by atoms with van der Waals surface area (Å²) < 4.78 is 113. The molecule has 7 rings (SSSR count). The lowest BCUT2D eigenvalue weighted by Gasteiger charge is -2.35. The molecule has 2 amide bonds. The summed E-state index contributed by atoms with van der Waals surface area (Å²) in [5, 5.41) is 25.3. The Morgan fingerprint density at radius 1 is 0.705 bits per heavy atom. The lowest BCUT2D eigenvalue weighted by molar-refractivity contribution is -0.276. The monoisotopic (exact) mass is 862 g/mol. The number of aliphatic hydroxyl groups is 2. The van der Waals surface area contributed by atoms with Crippen LogP contribution in [0.5, 0.6) is 11.5 Å². The summed E-state index contributed by atoms with van der Waals surface area (Å²) in [6.45, 7) is 6.59. The van der Waals surface area contributed by atoms with Crippen molar-refractivity contribution >= 4 is 45.8 Å². The molecule has 2 heterocycles. The third-order valence-corrected chi connectivity index (χ3v) is 9.29. The number of benzene rings is 4. The molecule has 324 valence electrons. The maximum absolute atomic E-state index is 14.3. The van der Waals surface area contributed by atoms with Crippen LogP contribution in [0, 0.1) is 25.5 Å². The number of nitrogens with zero attached hydrogens (tertiary/aromatic N) is 4. The van der Waals surface area contributed by atoms with Crippen LogP contribution in [0.15, 0.2) is 72.8 Å². The fourth-order valence-electron chi connectivity index (χ4n) is 6.52. The Bertz CT molecular complexity index is 2610. The molecule has 1 aliphatic carbocycles. The number of fused-ring (bicyclic) bond motifs is 2. The van der Waals surface area contributed by atoms with Crippen LogP contribution >= 0.6 is 0 Å². The number of alkyl halides is 6. The molecule has 4 N–H and O–H groups in total. The number of carbonyl (C=O) groups is 2. The Labute approximate surface area is 341 Å². The highest BCUT2D eigenvalue weighted by atomic mass is 19.4. The van der Waals surface area contributed by atoms with Gasteiger partial charge in [0.15, 0.2) is 23.1 Å². The van der Waals surface area contributed by atoms with E-state index in [2.05, 4.69) is 30.1 Å². The molecule has 0 spiro atoms. The second-order valence-corrected chi connectivity index (χ2v) is 15.2. The average Bonchev–Trinajstić information content (AvgIpc) is 3.64. The van der Waals surface area contributed by atoms with E-state index in [4.69, 9.17) is 0 Å². The van der Waals surface area contributed by atoms with Crippen molar-refractivity contribution in [3.8, 4) is 22.9 Å². The number of amides is 2. The van der Waals surface area contributed by atoms with Gasteiger partial charge >= 0.3 is 12.7 Å². The van der Waals surface area contributed by atoms with Gasteiger partial charge in [0, 0.05) is 12.1 Å². The van der Waals surface area contributed by atoms with E-state index in [0.29, 0.717) is 34.9 Å². The molecule has 61 heavy (non-hydrogen) atoms. The highest BCUT2D eigenvalue weighted by Crippen LogP contribution is 2.36. The number of hydrogen-bond acceptors (Lipinski definition) is 8. The lowest BCUT2D eigenvalue weighted by atomic mass is 9.78. The van der Waals surface area contributed by atoms with E-state index in [1.54, 1.807) is 30.3 Å². The van der Waals surface area contributed by atoms with Crippen LogP contribution in [-0.4, -0.2) is 65.1 Å². The van der Waals surface area contributed by atoms with E-state index in [0.717, 1.165) is 41.8 Å². The molecule has 0 radical (unpaired) electrons. The number of ether oxygens (including phenoxy) is 2. The predicted molar refractivity (Wildman–Crippen MR) is 206 cm³/mol. The minimum absolute atomic E-state index is 0.0359. The molecule has 0 aliphatic heterocycles. The first kappa shape index (κ1) is 44.3. The van der Waals surface area contributed by atoms with Gasteiger partial charge in [0.1, 0.15) is 0 Å². The molecule has 0 unspecified atom stereocenters. The number of hydrogen-bond donors (Lipinski definition) is 4. The number of anilines is 2. The van der Waals surface area contributed by atoms with Gasteiger partial charge in [-0.3, -0.25) is 29.4 Å². The molecule has 2 aromatic heterocycles. The van der Waals surface area contributed by atoms with Crippen LogP contribution in [0.2, 0.25) is 0 Å². The maximum Gasteiger partial charge on any atom is 0.573 e. The summed E-state index contributed by atoms with van der Waals surface area (Å²) in [6.07, 6.45) is -8.49. The van der Waals surface area contributed by atoms with Crippen molar-refractivity contribution < 1.29 is 64.4 Å². The second kappa shape index (κ2) is 16.6. The molecule has 0 saturated heterocycles. The van der Waals surface area contributed by atoms with Gasteiger partial charge in [0.25, 0.3) is 0 Å². The first-order valence-corrected chi connectivity index (χ1v) is 18.5. The fraction of sp³-hybridized carbons (Fsp3) is 0.317. The SMILES string of the molecule is Cc1ccc2nc(NC(=O)CC(C)(C)O)n(-c3ccc(OC(F)(F)F)c(F)c3)c2c1.Cc1ccc2nc(NC(=O)CC3(O)CCC3)n(-c3ccc(OC(F)(F)F)c(F)c3)c2c1. The summed E-state index contributed by atoms with van der Waals surface area (Å²) in [6, 6.07) is 16.4. The summed E-state index contributed by atoms with van der Waals surface area (Å²) in [5.74, 6) is -5.28. The van der Waals surface area contributed by atoms with Crippen molar-refractivity contribution in [2.24, 2.45) is 0 Å². The minimum Gasteiger partial charge on any atom is -0.403 e. The Kier molecular flexibility index (Phi) is 12.1. The average molecular weight is 863 g/mol. The van der Waals surface area contributed by atoms with Crippen molar-refractivity contribution in [3.63, 3.8) is 0 Å². The van der Waals surface area contributed by atoms with E-state index in [1.807, 2.05) is 19.9 Å². The van der Waals surface area contributed by atoms with Crippen molar-refractivity contribution in [3.05, 3.63) is 95.6 Å².